The number of ketones is 1. The highest BCUT2D eigenvalue weighted by molar-refractivity contribution is 6.11. The van der Waals surface area contributed by atoms with Gasteiger partial charge in [-0.3, -0.25) is 9.47 Å². The van der Waals surface area contributed by atoms with Crippen molar-refractivity contribution in [3.63, 3.8) is 0 Å². The minimum atomic E-state index is 0.0122. The molecule has 0 spiro atoms. The van der Waals surface area contributed by atoms with Crippen LogP contribution < -0.4 is 10.6 Å². The van der Waals surface area contributed by atoms with Crippen molar-refractivity contribution >= 4 is 16.7 Å². The number of aromatic nitrogens is 1. The van der Waals surface area contributed by atoms with E-state index in [0.29, 0.717) is 29.7 Å². The summed E-state index contributed by atoms with van der Waals surface area (Å²) < 4.78 is 7.50. The van der Waals surface area contributed by atoms with E-state index in [1.807, 2.05) is 42.5 Å². The summed E-state index contributed by atoms with van der Waals surface area (Å²) in [4.78, 5) is 15.8. The van der Waals surface area contributed by atoms with Gasteiger partial charge in [0.15, 0.2) is 5.78 Å². The third kappa shape index (κ3) is 4.68. The van der Waals surface area contributed by atoms with Crippen LogP contribution in [0.5, 0.6) is 5.75 Å². The highest BCUT2D eigenvalue weighted by atomic mass is 16.5. The van der Waals surface area contributed by atoms with Crippen LogP contribution in [0, 0.1) is 0 Å². The third-order valence-electron chi connectivity index (χ3n) is 6.69. The van der Waals surface area contributed by atoms with Gasteiger partial charge in [-0.15, -0.1) is 0 Å². The largest absolute Gasteiger partial charge is 0.494 e. The molecule has 0 unspecified atom stereocenters. The molecule has 2 N–H and O–H groups in total. The maximum atomic E-state index is 13.3. The Labute approximate surface area is 191 Å². The van der Waals surface area contributed by atoms with Gasteiger partial charge >= 0.3 is 0 Å². The van der Waals surface area contributed by atoms with E-state index in [9.17, 15) is 4.79 Å². The van der Waals surface area contributed by atoms with Crippen molar-refractivity contribution in [2.75, 3.05) is 25.5 Å². The van der Waals surface area contributed by atoms with Crippen LogP contribution in [0.15, 0.2) is 48.7 Å². The lowest BCUT2D eigenvalue weighted by atomic mass is 9.88. The van der Waals surface area contributed by atoms with Crippen LogP contribution in [0.4, 0.5) is 0 Å². The number of nitrogens with zero attached hydrogens (tertiary/aromatic N) is 2. The maximum Gasteiger partial charge on any atom is 0.193 e. The minimum Gasteiger partial charge on any atom is -0.494 e. The zero-order chi connectivity index (χ0) is 22.7. The predicted octanol–water partition coefficient (Wildman–Crippen LogP) is 5.35. The summed E-state index contributed by atoms with van der Waals surface area (Å²) in [5.74, 6) is 7.51. The maximum absolute atomic E-state index is 13.3. The highest BCUT2D eigenvalue weighted by Gasteiger charge is 2.25. The van der Waals surface area contributed by atoms with E-state index in [-0.39, 0.29) is 5.78 Å². The Morgan fingerprint density at radius 1 is 1.12 bits per heavy atom. The quantitative estimate of drug-likeness (QED) is 0.295. The second-order valence-electron chi connectivity index (χ2n) is 9.19. The average Bonchev–Trinajstić information content (AvgIpc) is 3.15. The van der Waals surface area contributed by atoms with Crippen LogP contribution in [-0.2, 0) is 0 Å². The van der Waals surface area contributed by atoms with Gasteiger partial charge in [-0.05, 0) is 88.0 Å². The van der Waals surface area contributed by atoms with Crippen LogP contribution >= 0.6 is 0 Å². The molecule has 1 saturated heterocycles. The number of nitrogens with two attached hydrogens (primary N) is 1. The van der Waals surface area contributed by atoms with Crippen molar-refractivity contribution in [1.82, 2.24) is 9.58 Å². The number of hydrogen-bond donors (Lipinski definition) is 1. The fourth-order valence-corrected chi connectivity index (χ4v) is 4.70. The molecule has 170 valence electrons. The minimum absolute atomic E-state index is 0.0122. The van der Waals surface area contributed by atoms with E-state index in [0.717, 1.165) is 55.4 Å². The molecule has 0 atom stereocenters. The first kappa shape index (κ1) is 22.4. The standard InChI is InChI=1S/C27H35N3O2/c1-4-5-15-32-23-8-6-7-21(16-23)27(31)22-9-10-26-24(17-22)25(18-30(26)28)20-11-13-29(14-12-20)19(2)3/h6-10,16-20H,4-5,11-15,28H2,1-3H3. The zero-order valence-electron chi connectivity index (χ0n) is 19.5. The van der Waals surface area contributed by atoms with E-state index >= 15 is 0 Å². The molecule has 0 amide bonds. The Kier molecular flexibility index (Phi) is 6.85. The Hall–Kier alpha value is -2.79. The number of carbonyl (C=O) groups is 1. The molecule has 0 radical (unpaired) electrons. The lowest BCUT2D eigenvalue weighted by Gasteiger charge is -2.34. The molecule has 4 rings (SSSR count). The second kappa shape index (κ2) is 9.78. The van der Waals surface area contributed by atoms with Crippen molar-refractivity contribution in [3.8, 4) is 5.75 Å². The van der Waals surface area contributed by atoms with Gasteiger partial charge in [-0.1, -0.05) is 25.5 Å². The fraction of sp³-hybridized carbons (Fsp3) is 0.444. The van der Waals surface area contributed by atoms with Crippen LogP contribution in [0.1, 0.15) is 73.9 Å². The number of piperidine rings is 1. The van der Waals surface area contributed by atoms with E-state index in [4.69, 9.17) is 10.6 Å². The summed E-state index contributed by atoms with van der Waals surface area (Å²) >= 11 is 0. The molecule has 5 heteroatoms. The van der Waals surface area contributed by atoms with E-state index in [1.165, 1.54) is 5.56 Å². The molecule has 2 heterocycles. The Balaban J connectivity index is 1.59. The molecule has 1 aliphatic rings. The van der Waals surface area contributed by atoms with Gasteiger partial charge in [-0.2, -0.15) is 0 Å². The first-order valence-corrected chi connectivity index (χ1v) is 11.9. The van der Waals surface area contributed by atoms with E-state index in [1.54, 1.807) is 4.68 Å². The summed E-state index contributed by atoms with van der Waals surface area (Å²) in [5.41, 5.74) is 3.57. The Morgan fingerprint density at radius 3 is 2.59 bits per heavy atom. The van der Waals surface area contributed by atoms with Crippen LogP contribution in [-0.4, -0.2) is 41.1 Å². The summed E-state index contributed by atoms with van der Waals surface area (Å²) in [7, 11) is 0. The van der Waals surface area contributed by atoms with Crippen molar-refractivity contribution in [2.24, 2.45) is 0 Å². The molecular formula is C27H35N3O2. The Bertz CT molecular complexity index is 1080. The van der Waals surface area contributed by atoms with Gasteiger partial charge in [0, 0.05) is 28.8 Å². The van der Waals surface area contributed by atoms with Gasteiger partial charge in [0.1, 0.15) is 5.75 Å². The van der Waals surface area contributed by atoms with Crippen molar-refractivity contribution in [1.29, 1.82) is 0 Å². The monoisotopic (exact) mass is 433 g/mol. The predicted molar refractivity (Wildman–Crippen MR) is 131 cm³/mol. The molecule has 2 aromatic carbocycles. The summed E-state index contributed by atoms with van der Waals surface area (Å²) in [6, 6.07) is 14.0. The topological polar surface area (TPSA) is 60.5 Å². The number of rotatable bonds is 8. The van der Waals surface area contributed by atoms with Crippen LogP contribution in [0.2, 0.25) is 0 Å². The molecular weight excluding hydrogens is 398 g/mol. The van der Waals surface area contributed by atoms with Gasteiger partial charge in [0.05, 0.1) is 12.1 Å². The van der Waals surface area contributed by atoms with Crippen molar-refractivity contribution in [2.45, 2.75) is 58.4 Å². The molecule has 1 aromatic heterocycles. The lowest BCUT2D eigenvalue weighted by Crippen LogP contribution is -2.37. The Morgan fingerprint density at radius 2 is 1.88 bits per heavy atom. The van der Waals surface area contributed by atoms with Crippen molar-refractivity contribution in [3.05, 3.63) is 65.4 Å². The summed E-state index contributed by atoms with van der Waals surface area (Å²) in [6.07, 6.45) is 6.37. The molecule has 5 nitrogen and oxygen atoms in total. The molecule has 0 aliphatic carbocycles. The molecule has 0 saturated carbocycles. The molecule has 1 aliphatic heterocycles. The third-order valence-corrected chi connectivity index (χ3v) is 6.69. The normalized spacial score (nSPS) is 15.5. The summed E-state index contributed by atoms with van der Waals surface area (Å²) in [6.45, 7) is 9.52. The number of likely N-dealkylation sites (tertiary alicyclic amines) is 1. The van der Waals surface area contributed by atoms with Crippen molar-refractivity contribution < 1.29 is 9.53 Å². The second-order valence-corrected chi connectivity index (χ2v) is 9.19. The molecule has 0 bridgehead atoms. The lowest BCUT2D eigenvalue weighted by molar-refractivity contribution is 0.103. The first-order chi connectivity index (χ1) is 15.5. The van der Waals surface area contributed by atoms with Crippen LogP contribution in [0.3, 0.4) is 0 Å². The SMILES string of the molecule is CCCCOc1cccc(C(=O)c2ccc3c(c2)c(C2CCN(C(C)C)CC2)cn3N)c1. The molecule has 1 fully saturated rings. The summed E-state index contributed by atoms with van der Waals surface area (Å²) in [5, 5.41) is 1.09. The van der Waals surface area contributed by atoms with E-state index < -0.39 is 0 Å². The first-order valence-electron chi connectivity index (χ1n) is 11.9. The average molecular weight is 434 g/mol. The number of benzene rings is 2. The van der Waals surface area contributed by atoms with Gasteiger partial charge in [0.2, 0.25) is 0 Å². The number of nitrogen functional groups attached to an aromatic ring is 1. The molecule has 32 heavy (non-hydrogen) atoms. The highest BCUT2D eigenvalue weighted by Crippen LogP contribution is 2.35. The number of ether oxygens (including phenoxy) is 1. The van der Waals surface area contributed by atoms with E-state index in [2.05, 4.69) is 31.9 Å². The number of carbonyl (C=O) groups excluding carboxylic acids is 1. The van der Waals surface area contributed by atoms with Gasteiger partial charge in [-0.25, -0.2) is 0 Å². The fourth-order valence-electron chi connectivity index (χ4n) is 4.70. The smallest absolute Gasteiger partial charge is 0.193 e. The van der Waals surface area contributed by atoms with Gasteiger partial charge in [0.25, 0.3) is 0 Å². The number of fused-ring (bicyclic) bond motifs is 1. The number of unbranched alkanes of at least 4 members (excludes halogenated alkanes) is 1. The number of hydrogen-bond acceptors (Lipinski definition) is 4. The van der Waals surface area contributed by atoms with Crippen LogP contribution in [0.25, 0.3) is 10.9 Å². The van der Waals surface area contributed by atoms with Gasteiger partial charge < -0.3 is 15.5 Å². The molecule has 3 aromatic rings. The zero-order valence-corrected chi connectivity index (χ0v) is 19.5.